The summed E-state index contributed by atoms with van der Waals surface area (Å²) in [6, 6.07) is 0.583. The average molecular weight is 255 g/mol. The highest BCUT2D eigenvalue weighted by Crippen LogP contribution is 2.36. The van der Waals surface area contributed by atoms with Crippen LogP contribution in [-0.2, 0) is 0 Å². The van der Waals surface area contributed by atoms with Crippen LogP contribution in [0.15, 0.2) is 0 Å². The van der Waals surface area contributed by atoms with Gasteiger partial charge in [0.15, 0.2) is 0 Å². The first-order valence-electron chi connectivity index (χ1n) is 7.26. The van der Waals surface area contributed by atoms with Crippen molar-refractivity contribution in [2.75, 3.05) is 12.3 Å². The number of amides is 1. The predicted octanol–water partition coefficient (Wildman–Crippen LogP) is 4.29. The lowest BCUT2D eigenvalue weighted by molar-refractivity contribution is 0.0968. The van der Waals surface area contributed by atoms with Crippen LogP contribution in [0.5, 0.6) is 0 Å². The second kappa shape index (κ2) is 6.67. The lowest BCUT2D eigenvalue weighted by Gasteiger charge is -2.43. The van der Waals surface area contributed by atoms with E-state index in [2.05, 4.69) is 11.8 Å². The summed E-state index contributed by atoms with van der Waals surface area (Å²) in [5.41, 5.74) is 0. The Kier molecular flexibility index (Phi) is 5.20. The van der Waals surface area contributed by atoms with Gasteiger partial charge in [0.1, 0.15) is 0 Å². The molecule has 2 aliphatic rings. The summed E-state index contributed by atoms with van der Waals surface area (Å²) in [6.45, 7) is 3.20. The predicted molar refractivity (Wildman–Crippen MR) is 74.4 cm³/mol. The summed E-state index contributed by atoms with van der Waals surface area (Å²) in [5.74, 6) is 1.82. The summed E-state index contributed by atoms with van der Waals surface area (Å²) in [5, 5.41) is 0.357. The maximum absolute atomic E-state index is 12.2. The van der Waals surface area contributed by atoms with E-state index >= 15 is 0 Å². The first-order valence-corrected chi connectivity index (χ1v) is 8.25. The summed E-state index contributed by atoms with van der Waals surface area (Å²) in [7, 11) is 0. The second-order valence-corrected chi connectivity index (χ2v) is 6.46. The molecule has 1 amide bonds. The minimum atomic E-state index is 0.357. The summed E-state index contributed by atoms with van der Waals surface area (Å²) < 4.78 is 0. The molecule has 2 nitrogen and oxygen atoms in total. The van der Waals surface area contributed by atoms with Gasteiger partial charge in [0.2, 0.25) is 0 Å². The van der Waals surface area contributed by atoms with E-state index in [0.29, 0.717) is 11.3 Å². The van der Waals surface area contributed by atoms with Crippen molar-refractivity contribution in [3.05, 3.63) is 0 Å². The molecule has 3 heteroatoms. The summed E-state index contributed by atoms with van der Waals surface area (Å²) >= 11 is 1.55. The van der Waals surface area contributed by atoms with Crippen molar-refractivity contribution < 1.29 is 4.79 Å². The largest absolute Gasteiger partial charge is 0.330 e. The maximum atomic E-state index is 12.2. The van der Waals surface area contributed by atoms with Gasteiger partial charge in [-0.2, -0.15) is 0 Å². The number of likely N-dealkylation sites (tertiary alicyclic amines) is 1. The highest BCUT2D eigenvalue weighted by atomic mass is 32.2. The maximum Gasteiger partial charge on any atom is 0.281 e. The normalized spacial score (nSPS) is 28.9. The Morgan fingerprint density at radius 2 is 2.00 bits per heavy atom. The van der Waals surface area contributed by atoms with Crippen LogP contribution in [0.3, 0.4) is 0 Å². The van der Waals surface area contributed by atoms with Gasteiger partial charge in [0.05, 0.1) is 0 Å². The highest BCUT2D eigenvalue weighted by Gasteiger charge is 2.35. The third kappa shape index (κ3) is 3.40. The quantitative estimate of drug-likeness (QED) is 0.701. The Labute approximate surface area is 110 Å². The first kappa shape index (κ1) is 13.3. The monoisotopic (exact) mass is 255 g/mol. The Hall–Kier alpha value is -0.180. The SMILES string of the molecule is CCCCSC(=O)N1CCCC2CCCCC21. The molecule has 2 unspecified atom stereocenters. The topological polar surface area (TPSA) is 20.3 Å². The summed E-state index contributed by atoms with van der Waals surface area (Å²) in [4.78, 5) is 14.4. The lowest BCUT2D eigenvalue weighted by Crippen LogP contribution is -2.48. The molecule has 0 bridgehead atoms. The fourth-order valence-corrected chi connectivity index (χ4v) is 4.24. The van der Waals surface area contributed by atoms with Crippen molar-refractivity contribution >= 4 is 17.0 Å². The van der Waals surface area contributed by atoms with Crippen LogP contribution in [0.25, 0.3) is 0 Å². The van der Waals surface area contributed by atoms with E-state index in [1.54, 1.807) is 11.8 Å². The molecule has 0 aromatic carbocycles. The molecule has 0 spiro atoms. The molecule has 2 rings (SSSR count). The Balaban J connectivity index is 1.87. The van der Waals surface area contributed by atoms with Crippen molar-refractivity contribution in [2.24, 2.45) is 5.92 Å². The molecule has 98 valence electrons. The zero-order valence-electron chi connectivity index (χ0n) is 11.0. The van der Waals surface area contributed by atoms with Gasteiger partial charge in [0, 0.05) is 18.3 Å². The van der Waals surface area contributed by atoms with Gasteiger partial charge in [-0.05, 0) is 38.0 Å². The second-order valence-electron chi connectivity index (χ2n) is 5.42. The van der Waals surface area contributed by atoms with Crippen molar-refractivity contribution in [3.63, 3.8) is 0 Å². The van der Waals surface area contributed by atoms with Crippen LogP contribution < -0.4 is 0 Å². The highest BCUT2D eigenvalue weighted by molar-refractivity contribution is 8.13. The third-order valence-corrected chi connectivity index (χ3v) is 5.18. The van der Waals surface area contributed by atoms with Gasteiger partial charge in [-0.3, -0.25) is 4.79 Å². The average Bonchev–Trinajstić information content (AvgIpc) is 2.38. The minimum absolute atomic E-state index is 0.357. The molecule has 0 aromatic heterocycles. The van der Waals surface area contributed by atoms with Gasteiger partial charge in [-0.15, -0.1) is 0 Å². The molecule has 17 heavy (non-hydrogen) atoms. The van der Waals surface area contributed by atoms with Crippen LogP contribution >= 0.6 is 11.8 Å². The molecular formula is C14H25NOS. The van der Waals surface area contributed by atoms with Gasteiger partial charge < -0.3 is 4.90 Å². The molecule has 1 heterocycles. The Morgan fingerprint density at radius 3 is 2.82 bits per heavy atom. The number of unbranched alkanes of at least 4 members (excludes halogenated alkanes) is 1. The fourth-order valence-electron chi connectivity index (χ4n) is 3.24. The van der Waals surface area contributed by atoms with E-state index in [1.807, 2.05) is 0 Å². The lowest BCUT2D eigenvalue weighted by atomic mass is 9.78. The van der Waals surface area contributed by atoms with E-state index in [0.717, 1.165) is 18.2 Å². The zero-order chi connectivity index (χ0) is 12.1. The number of carbonyl (C=O) groups is 1. The molecular weight excluding hydrogens is 230 g/mol. The molecule has 1 aliphatic heterocycles. The molecule has 2 atom stereocenters. The molecule has 0 N–H and O–H groups in total. The summed E-state index contributed by atoms with van der Waals surface area (Å²) in [6.07, 6.45) is 10.2. The molecule has 1 saturated carbocycles. The van der Waals surface area contributed by atoms with E-state index in [9.17, 15) is 4.79 Å². The molecule has 1 saturated heterocycles. The molecule has 1 aliphatic carbocycles. The molecule has 0 radical (unpaired) electrons. The van der Waals surface area contributed by atoms with Crippen molar-refractivity contribution in [1.29, 1.82) is 0 Å². The number of fused-ring (bicyclic) bond motifs is 1. The number of carbonyl (C=O) groups excluding carboxylic acids is 1. The van der Waals surface area contributed by atoms with E-state index in [-0.39, 0.29) is 0 Å². The number of hydrogen-bond acceptors (Lipinski definition) is 2. The molecule has 2 fully saturated rings. The standard InChI is InChI=1S/C14H25NOS/c1-2-3-11-17-14(16)15-10-6-8-12-7-4-5-9-13(12)15/h12-13H,2-11H2,1H3. The third-order valence-electron chi connectivity index (χ3n) is 4.20. The van der Waals surface area contributed by atoms with Gasteiger partial charge in [0.25, 0.3) is 5.24 Å². The van der Waals surface area contributed by atoms with Crippen LogP contribution in [0.4, 0.5) is 4.79 Å². The van der Waals surface area contributed by atoms with Crippen LogP contribution in [0.1, 0.15) is 58.3 Å². The fraction of sp³-hybridized carbons (Fsp3) is 0.929. The smallest absolute Gasteiger partial charge is 0.281 e. The minimum Gasteiger partial charge on any atom is -0.330 e. The van der Waals surface area contributed by atoms with Crippen molar-refractivity contribution in [1.82, 2.24) is 4.90 Å². The Morgan fingerprint density at radius 1 is 1.24 bits per heavy atom. The number of nitrogens with zero attached hydrogens (tertiary/aromatic N) is 1. The van der Waals surface area contributed by atoms with Crippen LogP contribution in [0, 0.1) is 5.92 Å². The zero-order valence-corrected chi connectivity index (χ0v) is 11.8. The van der Waals surface area contributed by atoms with Gasteiger partial charge in [-0.25, -0.2) is 0 Å². The van der Waals surface area contributed by atoms with Crippen molar-refractivity contribution in [3.8, 4) is 0 Å². The van der Waals surface area contributed by atoms with Crippen molar-refractivity contribution in [2.45, 2.75) is 64.3 Å². The number of thioether (sulfide) groups is 1. The number of rotatable bonds is 3. The van der Waals surface area contributed by atoms with Crippen LogP contribution in [-0.4, -0.2) is 28.5 Å². The van der Waals surface area contributed by atoms with Gasteiger partial charge in [-0.1, -0.05) is 37.9 Å². The molecule has 0 aromatic rings. The van der Waals surface area contributed by atoms with E-state index < -0.39 is 0 Å². The van der Waals surface area contributed by atoms with E-state index in [1.165, 1.54) is 51.4 Å². The van der Waals surface area contributed by atoms with E-state index in [4.69, 9.17) is 0 Å². The Bertz CT molecular complexity index is 255. The number of hydrogen-bond donors (Lipinski definition) is 0. The van der Waals surface area contributed by atoms with Gasteiger partial charge >= 0.3 is 0 Å². The first-order chi connectivity index (χ1) is 8.33. The van der Waals surface area contributed by atoms with Crippen LogP contribution in [0.2, 0.25) is 0 Å². The number of piperidine rings is 1.